The van der Waals surface area contributed by atoms with E-state index < -0.39 is 9.05 Å². The van der Waals surface area contributed by atoms with Gasteiger partial charge < -0.3 is 15.4 Å². The maximum Gasteiger partial charge on any atom is 0.261 e. The Morgan fingerprint density at radius 3 is 2.56 bits per heavy atom. The zero-order valence-electron chi connectivity index (χ0n) is 16.2. The Bertz CT molecular complexity index is 1660. The Morgan fingerprint density at radius 2 is 1.75 bits per heavy atom. The van der Waals surface area contributed by atoms with Gasteiger partial charge in [0.05, 0.1) is 15.6 Å². The fourth-order valence-corrected chi connectivity index (χ4v) is 4.42. The molecule has 160 valence electrons. The SMILES string of the molecule is O=S(=O)(Cl)c1cccc(Nc2ccc3[nH]c(O)c(/C=C4/N=c5ccc(Cl)cc5=N4)c3c2)c1. The lowest BCUT2D eigenvalue weighted by Crippen LogP contribution is -2.20. The molecule has 0 radical (unpaired) electrons. The number of halogens is 2. The zero-order valence-corrected chi connectivity index (χ0v) is 18.5. The first kappa shape index (κ1) is 20.6. The molecule has 1 aliphatic rings. The number of aromatic nitrogens is 1. The largest absolute Gasteiger partial charge is 0.494 e. The van der Waals surface area contributed by atoms with Crippen LogP contribution >= 0.6 is 22.3 Å². The molecule has 5 rings (SSSR count). The number of aromatic amines is 1. The minimum Gasteiger partial charge on any atom is -0.494 e. The van der Waals surface area contributed by atoms with Gasteiger partial charge in [0.2, 0.25) is 0 Å². The molecule has 0 fully saturated rings. The molecule has 1 aromatic heterocycles. The van der Waals surface area contributed by atoms with Gasteiger partial charge in [-0.15, -0.1) is 0 Å². The normalized spacial score (nSPS) is 14.2. The number of anilines is 2. The molecule has 0 bridgehead atoms. The number of nitrogens with zero attached hydrogens (tertiary/aromatic N) is 2. The minimum absolute atomic E-state index is 0.000850. The molecule has 1 aliphatic heterocycles. The van der Waals surface area contributed by atoms with Crippen molar-refractivity contribution in [1.29, 1.82) is 0 Å². The first-order valence-corrected chi connectivity index (χ1v) is 12.1. The minimum atomic E-state index is -3.84. The maximum atomic E-state index is 11.6. The Balaban J connectivity index is 1.54. The Hall–Kier alpha value is -3.33. The monoisotopic (exact) mass is 484 g/mol. The molecule has 0 amide bonds. The molecule has 3 aromatic carbocycles. The van der Waals surface area contributed by atoms with Crippen LogP contribution in [0.5, 0.6) is 5.88 Å². The van der Waals surface area contributed by atoms with E-state index in [9.17, 15) is 13.5 Å². The van der Waals surface area contributed by atoms with Crippen LogP contribution in [0.15, 0.2) is 81.4 Å². The highest BCUT2D eigenvalue weighted by Crippen LogP contribution is 2.33. The molecule has 7 nitrogen and oxygen atoms in total. The second kappa shape index (κ2) is 7.67. The lowest BCUT2D eigenvalue weighted by Gasteiger charge is -2.08. The average Bonchev–Trinajstić information content (AvgIpc) is 3.27. The molecule has 0 atom stereocenters. The van der Waals surface area contributed by atoms with E-state index in [0.29, 0.717) is 38.5 Å². The van der Waals surface area contributed by atoms with E-state index >= 15 is 0 Å². The van der Waals surface area contributed by atoms with Crippen molar-refractivity contribution in [2.45, 2.75) is 4.90 Å². The molecular weight excluding hydrogens is 471 g/mol. The third-order valence-corrected chi connectivity index (χ3v) is 6.49. The van der Waals surface area contributed by atoms with Gasteiger partial charge in [-0.2, -0.15) is 0 Å². The van der Waals surface area contributed by atoms with E-state index in [4.69, 9.17) is 22.3 Å². The summed E-state index contributed by atoms with van der Waals surface area (Å²) in [7, 11) is 1.60. The second-order valence-corrected chi connectivity index (χ2v) is 10.1. The molecule has 0 unspecified atom stereocenters. The number of benzene rings is 3. The Morgan fingerprint density at radius 1 is 0.969 bits per heavy atom. The average molecular weight is 485 g/mol. The van der Waals surface area contributed by atoms with Crippen molar-refractivity contribution in [3.63, 3.8) is 0 Å². The van der Waals surface area contributed by atoms with E-state index in [2.05, 4.69) is 20.3 Å². The van der Waals surface area contributed by atoms with Gasteiger partial charge in [-0.25, -0.2) is 18.4 Å². The number of fused-ring (bicyclic) bond motifs is 2. The van der Waals surface area contributed by atoms with Gasteiger partial charge in [0.15, 0.2) is 11.7 Å². The van der Waals surface area contributed by atoms with Crippen LogP contribution < -0.4 is 16.0 Å². The number of H-pyrrole nitrogens is 1. The van der Waals surface area contributed by atoms with E-state index in [0.717, 1.165) is 10.9 Å². The third-order valence-electron chi connectivity index (χ3n) is 4.90. The summed E-state index contributed by atoms with van der Waals surface area (Å²) in [5.41, 5.74) is 2.49. The van der Waals surface area contributed by atoms with Crippen molar-refractivity contribution in [2.24, 2.45) is 9.98 Å². The van der Waals surface area contributed by atoms with E-state index in [-0.39, 0.29) is 10.8 Å². The second-order valence-electron chi connectivity index (χ2n) is 7.10. The molecule has 10 heteroatoms. The highest BCUT2D eigenvalue weighted by Gasteiger charge is 2.13. The van der Waals surface area contributed by atoms with Crippen molar-refractivity contribution in [3.05, 3.63) is 87.8 Å². The number of hydrogen-bond donors (Lipinski definition) is 3. The van der Waals surface area contributed by atoms with Gasteiger partial charge in [-0.1, -0.05) is 17.7 Å². The van der Waals surface area contributed by atoms with Crippen molar-refractivity contribution >= 4 is 59.7 Å². The fraction of sp³-hybridized carbons (Fsp3) is 0. The summed E-state index contributed by atoms with van der Waals surface area (Å²) < 4.78 is 23.2. The van der Waals surface area contributed by atoms with Crippen molar-refractivity contribution in [3.8, 4) is 5.88 Å². The van der Waals surface area contributed by atoms with Crippen LogP contribution in [0.1, 0.15) is 5.56 Å². The molecular formula is C22H14Cl2N4O3S. The molecule has 0 spiro atoms. The number of hydrogen-bond acceptors (Lipinski definition) is 6. The Labute approximate surface area is 191 Å². The molecule has 2 heterocycles. The predicted molar refractivity (Wildman–Crippen MR) is 124 cm³/mol. The van der Waals surface area contributed by atoms with Crippen LogP contribution in [0.4, 0.5) is 11.4 Å². The van der Waals surface area contributed by atoms with Gasteiger partial charge in [0, 0.05) is 43.5 Å². The van der Waals surface area contributed by atoms with E-state index in [1.54, 1.807) is 48.5 Å². The summed E-state index contributed by atoms with van der Waals surface area (Å²) >= 11 is 6.02. The van der Waals surface area contributed by atoms with Crippen molar-refractivity contribution in [1.82, 2.24) is 4.98 Å². The van der Waals surface area contributed by atoms with Crippen LogP contribution in [-0.2, 0) is 9.05 Å². The topological polar surface area (TPSA) is 107 Å². The number of rotatable bonds is 4. The fourth-order valence-electron chi connectivity index (χ4n) is 3.46. The van der Waals surface area contributed by atoms with Gasteiger partial charge in [0.1, 0.15) is 0 Å². The molecule has 3 N–H and O–H groups in total. The standard InChI is InChI=1S/C22H14Cl2N4O3S/c23-12-4-6-19-20(8-12)27-21(26-19)11-17-16-10-14(5-7-18(16)28-22(17)29)25-13-2-1-3-15(9-13)32(24,30)31/h1-11,25,28-29H/b21-11-. The molecule has 4 aromatic rings. The van der Waals surface area contributed by atoms with Crippen LogP contribution in [0.3, 0.4) is 0 Å². The smallest absolute Gasteiger partial charge is 0.261 e. The van der Waals surface area contributed by atoms with Crippen molar-refractivity contribution in [2.75, 3.05) is 5.32 Å². The lowest BCUT2D eigenvalue weighted by atomic mass is 10.1. The van der Waals surface area contributed by atoms with Crippen LogP contribution in [0.25, 0.3) is 17.0 Å². The molecule has 32 heavy (non-hydrogen) atoms. The maximum absolute atomic E-state index is 11.6. The summed E-state index contributed by atoms with van der Waals surface area (Å²) in [4.78, 5) is 11.9. The Kier molecular flexibility index (Phi) is 4.93. The summed E-state index contributed by atoms with van der Waals surface area (Å²) in [6, 6.07) is 16.9. The quantitative estimate of drug-likeness (QED) is 0.372. The highest BCUT2D eigenvalue weighted by atomic mass is 35.7. The van der Waals surface area contributed by atoms with Gasteiger partial charge in [-0.3, -0.25) is 0 Å². The molecule has 0 saturated heterocycles. The van der Waals surface area contributed by atoms with Gasteiger partial charge >= 0.3 is 0 Å². The van der Waals surface area contributed by atoms with Crippen LogP contribution in [0.2, 0.25) is 5.02 Å². The first-order chi connectivity index (χ1) is 15.3. The van der Waals surface area contributed by atoms with Crippen molar-refractivity contribution < 1.29 is 13.5 Å². The summed E-state index contributed by atoms with van der Waals surface area (Å²) in [5, 5.41) is 16.3. The van der Waals surface area contributed by atoms with Gasteiger partial charge in [-0.05, 0) is 60.7 Å². The number of aromatic hydroxyl groups is 1. The third kappa shape index (κ3) is 3.95. The summed E-state index contributed by atoms with van der Waals surface area (Å²) in [6.45, 7) is 0. The molecule has 0 saturated carbocycles. The number of nitrogens with one attached hydrogen (secondary N) is 2. The summed E-state index contributed by atoms with van der Waals surface area (Å²) in [6.07, 6.45) is 1.69. The zero-order chi connectivity index (χ0) is 22.5. The predicted octanol–water partition coefficient (Wildman–Crippen LogP) is 4.45. The van der Waals surface area contributed by atoms with E-state index in [1.165, 1.54) is 12.1 Å². The van der Waals surface area contributed by atoms with Crippen LogP contribution in [-0.4, -0.2) is 18.5 Å². The van der Waals surface area contributed by atoms with Crippen LogP contribution in [0, 0.1) is 0 Å². The summed E-state index contributed by atoms with van der Waals surface area (Å²) in [5.74, 6) is 0.427. The lowest BCUT2D eigenvalue weighted by molar-refractivity contribution is 0.457. The highest BCUT2D eigenvalue weighted by molar-refractivity contribution is 8.13. The van der Waals surface area contributed by atoms with Gasteiger partial charge in [0.25, 0.3) is 9.05 Å². The molecule has 0 aliphatic carbocycles. The first-order valence-electron chi connectivity index (χ1n) is 9.37. The van der Waals surface area contributed by atoms with E-state index in [1.807, 2.05) is 6.07 Å².